The molecule has 1 heterocycles. The maximum atomic E-state index is 10.5. The third-order valence-corrected chi connectivity index (χ3v) is 2.28. The molecule has 0 amide bonds. The van der Waals surface area contributed by atoms with Gasteiger partial charge in [0.2, 0.25) is 0 Å². The molecule has 86 valence electrons. The molecule has 0 saturated carbocycles. The maximum Gasteiger partial charge on any atom is 0.269 e. The van der Waals surface area contributed by atoms with E-state index in [2.05, 4.69) is 10.3 Å². The van der Waals surface area contributed by atoms with Gasteiger partial charge in [-0.25, -0.2) is 0 Å². The Bertz CT molecular complexity index is 497. The van der Waals surface area contributed by atoms with Gasteiger partial charge in [-0.2, -0.15) is 0 Å². The molecular formula is C12H11N3O2. The van der Waals surface area contributed by atoms with E-state index in [0.29, 0.717) is 6.54 Å². The highest BCUT2D eigenvalue weighted by molar-refractivity contribution is 5.48. The third kappa shape index (κ3) is 3.01. The molecule has 0 aliphatic rings. The number of pyridine rings is 1. The van der Waals surface area contributed by atoms with E-state index in [9.17, 15) is 10.1 Å². The zero-order valence-electron chi connectivity index (χ0n) is 9.04. The lowest BCUT2D eigenvalue weighted by Gasteiger charge is -2.05. The van der Waals surface area contributed by atoms with Crippen molar-refractivity contribution in [3.8, 4) is 0 Å². The molecule has 0 radical (unpaired) electrons. The molecule has 0 aliphatic heterocycles. The second-order valence-electron chi connectivity index (χ2n) is 3.48. The number of aromatic nitrogens is 1. The molecule has 0 unspecified atom stereocenters. The normalized spacial score (nSPS) is 9.88. The summed E-state index contributed by atoms with van der Waals surface area (Å²) >= 11 is 0. The highest BCUT2D eigenvalue weighted by Crippen LogP contribution is 2.15. The standard InChI is InChI=1S/C12H11N3O2/c16-15(17)12-6-4-10(5-7-12)14-9-11-3-1-2-8-13-11/h1-8,14H,9H2. The second kappa shape index (κ2) is 5.07. The summed E-state index contributed by atoms with van der Waals surface area (Å²) in [6.07, 6.45) is 1.73. The van der Waals surface area contributed by atoms with Crippen LogP contribution in [-0.4, -0.2) is 9.91 Å². The van der Waals surface area contributed by atoms with Crippen molar-refractivity contribution >= 4 is 11.4 Å². The summed E-state index contributed by atoms with van der Waals surface area (Å²) in [5.41, 5.74) is 1.85. The summed E-state index contributed by atoms with van der Waals surface area (Å²) in [6, 6.07) is 12.0. The minimum atomic E-state index is -0.414. The van der Waals surface area contributed by atoms with Crippen molar-refractivity contribution < 1.29 is 4.92 Å². The second-order valence-corrected chi connectivity index (χ2v) is 3.48. The Kier molecular flexibility index (Phi) is 3.30. The van der Waals surface area contributed by atoms with Crippen LogP contribution in [0.15, 0.2) is 48.7 Å². The van der Waals surface area contributed by atoms with Crippen molar-refractivity contribution in [2.75, 3.05) is 5.32 Å². The number of nitrogens with one attached hydrogen (secondary N) is 1. The summed E-state index contributed by atoms with van der Waals surface area (Å²) < 4.78 is 0. The first-order chi connectivity index (χ1) is 8.25. The van der Waals surface area contributed by atoms with Crippen LogP contribution in [0.1, 0.15) is 5.69 Å². The zero-order chi connectivity index (χ0) is 12.1. The van der Waals surface area contributed by atoms with Gasteiger partial charge < -0.3 is 5.32 Å². The van der Waals surface area contributed by atoms with E-state index < -0.39 is 4.92 Å². The van der Waals surface area contributed by atoms with E-state index in [0.717, 1.165) is 11.4 Å². The molecule has 2 rings (SSSR count). The number of nitro groups is 1. The fourth-order valence-electron chi connectivity index (χ4n) is 1.40. The predicted molar refractivity (Wildman–Crippen MR) is 64.7 cm³/mol. The fourth-order valence-corrected chi connectivity index (χ4v) is 1.40. The van der Waals surface area contributed by atoms with Crippen molar-refractivity contribution in [1.29, 1.82) is 0 Å². The van der Waals surface area contributed by atoms with Crippen LogP contribution in [0.2, 0.25) is 0 Å². The molecule has 0 spiro atoms. The minimum absolute atomic E-state index is 0.0911. The Balaban J connectivity index is 1.98. The van der Waals surface area contributed by atoms with Gasteiger partial charge >= 0.3 is 0 Å². The number of hydrogen-bond acceptors (Lipinski definition) is 4. The molecule has 5 nitrogen and oxygen atoms in total. The van der Waals surface area contributed by atoms with Crippen LogP contribution in [0.25, 0.3) is 0 Å². The zero-order valence-corrected chi connectivity index (χ0v) is 9.04. The average molecular weight is 229 g/mol. The quantitative estimate of drug-likeness (QED) is 0.646. The number of anilines is 1. The van der Waals surface area contributed by atoms with Crippen molar-refractivity contribution in [1.82, 2.24) is 4.98 Å². The fraction of sp³-hybridized carbons (Fsp3) is 0.0833. The summed E-state index contributed by atoms with van der Waals surface area (Å²) in [7, 11) is 0. The molecule has 1 aromatic carbocycles. The number of nitrogens with zero attached hydrogens (tertiary/aromatic N) is 2. The molecule has 17 heavy (non-hydrogen) atoms. The highest BCUT2D eigenvalue weighted by Gasteiger charge is 2.03. The van der Waals surface area contributed by atoms with Crippen LogP contribution < -0.4 is 5.32 Å². The van der Waals surface area contributed by atoms with Crippen LogP contribution in [0.5, 0.6) is 0 Å². The maximum absolute atomic E-state index is 10.5. The number of nitro benzene ring substituents is 1. The lowest BCUT2D eigenvalue weighted by atomic mass is 10.2. The number of benzene rings is 1. The Hall–Kier alpha value is -2.43. The van der Waals surface area contributed by atoms with E-state index in [-0.39, 0.29) is 5.69 Å². The molecule has 0 fully saturated rings. The Morgan fingerprint density at radius 2 is 1.94 bits per heavy atom. The summed E-state index contributed by atoms with van der Waals surface area (Å²) in [5, 5.41) is 13.6. The van der Waals surface area contributed by atoms with Gasteiger partial charge in [-0.1, -0.05) is 6.07 Å². The average Bonchev–Trinajstić information content (AvgIpc) is 2.38. The van der Waals surface area contributed by atoms with E-state index in [1.54, 1.807) is 18.3 Å². The number of non-ortho nitro benzene ring substituents is 1. The van der Waals surface area contributed by atoms with Crippen LogP contribution in [-0.2, 0) is 6.54 Å². The molecule has 5 heteroatoms. The van der Waals surface area contributed by atoms with Crippen LogP contribution >= 0.6 is 0 Å². The number of hydrogen-bond donors (Lipinski definition) is 1. The molecular weight excluding hydrogens is 218 g/mol. The topological polar surface area (TPSA) is 68.1 Å². The monoisotopic (exact) mass is 229 g/mol. The molecule has 0 aliphatic carbocycles. The first-order valence-electron chi connectivity index (χ1n) is 5.14. The lowest BCUT2D eigenvalue weighted by Crippen LogP contribution is -2.00. The van der Waals surface area contributed by atoms with E-state index in [1.807, 2.05) is 18.2 Å². The smallest absolute Gasteiger partial charge is 0.269 e. The van der Waals surface area contributed by atoms with Gasteiger partial charge in [-0.3, -0.25) is 15.1 Å². The van der Waals surface area contributed by atoms with E-state index in [1.165, 1.54) is 12.1 Å². The first kappa shape index (κ1) is 11.1. The van der Waals surface area contributed by atoms with Crippen molar-refractivity contribution in [3.63, 3.8) is 0 Å². The Morgan fingerprint density at radius 1 is 1.18 bits per heavy atom. The Morgan fingerprint density at radius 3 is 2.53 bits per heavy atom. The summed E-state index contributed by atoms with van der Waals surface area (Å²) in [4.78, 5) is 14.2. The van der Waals surface area contributed by atoms with Gasteiger partial charge in [0.15, 0.2) is 0 Å². The van der Waals surface area contributed by atoms with E-state index in [4.69, 9.17) is 0 Å². The van der Waals surface area contributed by atoms with Crippen LogP contribution in [0.3, 0.4) is 0 Å². The van der Waals surface area contributed by atoms with Crippen LogP contribution in [0.4, 0.5) is 11.4 Å². The largest absolute Gasteiger partial charge is 0.379 e. The Labute approximate surface area is 98.3 Å². The SMILES string of the molecule is O=[N+]([O-])c1ccc(NCc2ccccn2)cc1. The van der Waals surface area contributed by atoms with Crippen LogP contribution in [0, 0.1) is 10.1 Å². The lowest BCUT2D eigenvalue weighted by molar-refractivity contribution is -0.384. The van der Waals surface area contributed by atoms with Gasteiger partial charge in [0.05, 0.1) is 17.2 Å². The third-order valence-electron chi connectivity index (χ3n) is 2.28. The van der Waals surface area contributed by atoms with Gasteiger partial charge in [-0.05, 0) is 24.3 Å². The molecule has 1 N–H and O–H groups in total. The summed E-state index contributed by atoms with van der Waals surface area (Å²) in [5.74, 6) is 0. The van der Waals surface area contributed by atoms with Gasteiger partial charge in [0.25, 0.3) is 5.69 Å². The highest BCUT2D eigenvalue weighted by atomic mass is 16.6. The van der Waals surface area contributed by atoms with Crippen molar-refractivity contribution in [2.24, 2.45) is 0 Å². The molecule has 1 aromatic heterocycles. The molecule has 0 atom stereocenters. The molecule has 2 aromatic rings. The van der Waals surface area contributed by atoms with Gasteiger partial charge in [0.1, 0.15) is 0 Å². The van der Waals surface area contributed by atoms with Gasteiger partial charge in [0, 0.05) is 24.0 Å². The summed E-state index contributed by atoms with van der Waals surface area (Å²) in [6.45, 7) is 0.596. The van der Waals surface area contributed by atoms with Crippen molar-refractivity contribution in [2.45, 2.75) is 6.54 Å². The minimum Gasteiger partial charge on any atom is -0.379 e. The van der Waals surface area contributed by atoms with E-state index >= 15 is 0 Å². The van der Waals surface area contributed by atoms with Gasteiger partial charge in [-0.15, -0.1) is 0 Å². The van der Waals surface area contributed by atoms with Crippen molar-refractivity contribution in [3.05, 3.63) is 64.5 Å². The molecule has 0 saturated heterocycles. The first-order valence-corrected chi connectivity index (χ1v) is 5.14. The predicted octanol–water partition coefficient (Wildman–Crippen LogP) is 2.60. The molecule has 0 bridgehead atoms. The number of rotatable bonds is 4.